The van der Waals surface area contributed by atoms with E-state index in [9.17, 15) is 19.5 Å². The fraction of sp³-hybridized carbons (Fsp3) is 0.562. The van der Waals surface area contributed by atoms with Crippen molar-refractivity contribution in [2.45, 2.75) is 49.7 Å². The minimum atomic E-state index is -2.12. The summed E-state index contributed by atoms with van der Waals surface area (Å²) < 4.78 is 10.8. The summed E-state index contributed by atoms with van der Waals surface area (Å²) in [6.45, 7) is 1.71. The van der Waals surface area contributed by atoms with E-state index in [2.05, 4.69) is 0 Å². The van der Waals surface area contributed by atoms with E-state index in [-0.39, 0.29) is 25.3 Å². The number of rotatable bonds is 2. The molecule has 1 amide bonds. The van der Waals surface area contributed by atoms with Crippen LogP contribution in [-0.4, -0.2) is 51.4 Å². The molecule has 8 nitrogen and oxygen atoms in total. The number of hydrogen-bond acceptors (Lipinski definition) is 7. The standard InChI is InChI=1S/C16H20N2O6/c1-14(17,18-10-4-5-11(18)19)15-8-2-3-9-16(15,22)24-13(21)7-6-12(20)23-15/h4-7,22H,2-3,8-10,17H2,1H3/b7-6+. The van der Waals surface area contributed by atoms with Gasteiger partial charge in [-0.2, -0.15) is 0 Å². The van der Waals surface area contributed by atoms with Gasteiger partial charge < -0.3 is 25.2 Å². The van der Waals surface area contributed by atoms with Gasteiger partial charge in [0.25, 0.3) is 5.79 Å². The molecule has 1 fully saturated rings. The summed E-state index contributed by atoms with van der Waals surface area (Å²) in [4.78, 5) is 37.5. The lowest BCUT2D eigenvalue weighted by molar-refractivity contribution is -0.329. The Morgan fingerprint density at radius 2 is 1.75 bits per heavy atom. The molecule has 3 rings (SSSR count). The van der Waals surface area contributed by atoms with Gasteiger partial charge in [-0.3, -0.25) is 4.79 Å². The van der Waals surface area contributed by atoms with Crippen LogP contribution in [0.2, 0.25) is 0 Å². The average molecular weight is 336 g/mol. The Bertz CT molecular complexity index is 655. The van der Waals surface area contributed by atoms with E-state index >= 15 is 0 Å². The molecule has 0 spiro atoms. The highest BCUT2D eigenvalue weighted by atomic mass is 16.7. The van der Waals surface area contributed by atoms with Crippen LogP contribution in [-0.2, 0) is 23.9 Å². The van der Waals surface area contributed by atoms with Crippen LogP contribution >= 0.6 is 0 Å². The van der Waals surface area contributed by atoms with E-state index in [1.807, 2.05) is 0 Å². The normalized spacial score (nSPS) is 37.0. The van der Waals surface area contributed by atoms with Crippen LogP contribution in [0.4, 0.5) is 0 Å². The molecule has 3 unspecified atom stereocenters. The lowest BCUT2D eigenvalue weighted by atomic mass is 9.70. The van der Waals surface area contributed by atoms with E-state index in [0.29, 0.717) is 12.8 Å². The SMILES string of the molecule is CC(N)(N1CC=CC1=O)C12CCCCC1(O)OC(=O)/C=C/C(=O)O2. The highest BCUT2D eigenvalue weighted by Gasteiger charge is 2.69. The number of nitrogens with two attached hydrogens (primary N) is 1. The molecule has 130 valence electrons. The van der Waals surface area contributed by atoms with Gasteiger partial charge in [0.15, 0.2) is 0 Å². The first-order valence-electron chi connectivity index (χ1n) is 7.85. The van der Waals surface area contributed by atoms with Gasteiger partial charge in [0.05, 0.1) is 0 Å². The molecule has 3 aliphatic rings. The minimum absolute atomic E-state index is 0.0576. The van der Waals surface area contributed by atoms with Crippen LogP contribution in [0.1, 0.15) is 32.6 Å². The molecule has 0 radical (unpaired) electrons. The van der Waals surface area contributed by atoms with Gasteiger partial charge in [-0.1, -0.05) is 6.08 Å². The zero-order valence-electron chi connectivity index (χ0n) is 13.4. The maximum absolute atomic E-state index is 12.2. The van der Waals surface area contributed by atoms with Gasteiger partial charge in [-0.25, -0.2) is 9.59 Å². The largest absolute Gasteiger partial charge is 0.445 e. The number of hydrogen-bond donors (Lipinski definition) is 2. The van der Waals surface area contributed by atoms with Crippen molar-refractivity contribution >= 4 is 17.8 Å². The third-order valence-electron chi connectivity index (χ3n) is 5.02. The molecule has 3 N–H and O–H groups in total. The molecule has 24 heavy (non-hydrogen) atoms. The average Bonchev–Trinajstić information content (AvgIpc) is 2.93. The summed E-state index contributed by atoms with van der Waals surface area (Å²) in [5.41, 5.74) is 3.11. The first-order chi connectivity index (χ1) is 11.2. The van der Waals surface area contributed by atoms with E-state index in [1.54, 1.807) is 6.08 Å². The Morgan fingerprint density at radius 3 is 2.38 bits per heavy atom. The summed E-state index contributed by atoms with van der Waals surface area (Å²) in [6, 6.07) is 0. The minimum Gasteiger partial charge on any atom is -0.445 e. The number of carbonyl (C=O) groups excluding carboxylic acids is 3. The van der Waals surface area contributed by atoms with Crippen molar-refractivity contribution in [2.75, 3.05) is 6.54 Å². The predicted octanol–water partition coefficient (Wildman–Crippen LogP) is -0.283. The lowest BCUT2D eigenvalue weighted by Crippen LogP contribution is -2.79. The second kappa shape index (κ2) is 5.42. The van der Waals surface area contributed by atoms with E-state index in [0.717, 1.165) is 12.2 Å². The fourth-order valence-electron chi connectivity index (χ4n) is 3.77. The number of carbonyl (C=O) groups is 3. The zero-order chi connectivity index (χ0) is 17.6. The number of nitrogens with zero attached hydrogens (tertiary/aromatic N) is 1. The second-order valence-electron chi connectivity index (χ2n) is 6.49. The maximum atomic E-state index is 12.2. The Kier molecular flexibility index (Phi) is 3.76. The van der Waals surface area contributed by atoms with Crippen LogP contribution in [0, 0.1) is 0 Å². The van der Waals surface area contributed by atoms with Crippen LogP contribution in [0.15, 0.2) is 24.3 Å². The highest BCUT2D eigenvalue weighted by Crippen LogP contribution is 2.49. The molecule has 3 atom stereocenters. The molecule has 0 aromatic heterocycles. The molecule has 0 saturated heterocycles. The summed E-state index contributed by atoms with van der Waals surface area (Å²) in [6.07, 6.45) is 6.19. The number of ether oxygens (including phenoxy) is 2. The quantitative estimate of drug-likeness (QED) is 0.665. The molecule has 1 saturated carbocycles. The third-order valence-corrected chi connectivity index (χ3v) is 5.02. The second-order valence-corrected chi connectivity index (χ2v) is 6.49. The smallest absolute Gasteiger partial charge is 0.333 e. The van der Waals surface area contributed by atoms with Crippen LogP contribution < -0.4 is 5.73 Å². The monoisotopic (exact) mass is 336 g/mol. The first kappa shape index (κ1) is 16.7. The van der Waals surface area contributed by atoms with Crippen molar-refractivity contribution in [3.05, 3.63) is 24.3 Å². The third kappa shape index (κ3) is 2.25. The van der Waals surface area contributed by atoms with Gasteiger partial charge >= 0.3 is 11.9 Å². The van der Waals surface area contributed by atoms with Gasteiger partial charge in [0.1, 0.15) is 5.66 Å². The molecular weight excluding hydrogens is 316 g/mol. The number of amides is 1. The fourth-order valence-corrected chi connectivity index (χ4v) is 3.77. The maximum Gasteiger partial charge on any atom is 0.333 e. The van der Waals surface area contributed by atoms with Crippen molar-refractivity contribution in [3.63, 3.8) is 0 Å². The van der Waals surface area contributed by atoms with E-state index in [1.165, 1.54) is 17.9 Å². The van der Waals surface area contributed by atoms with Crippen molar-refractivity contribution in [3.8, 4) is 0 Å². The van der Waals surface area contributed by atoms with Gasteiger partial charge in [-0.15, -0.1) is 0 Å². The van der Waals surface area contributed by atoms with Crippen molar-refractivity contribution in [2.24, 2.45) is 5.73 Å². The van der Waals surface area contributed by atoms with Gasteiger partial charge in [0.2, 0.25) is 11.5 Å². The van der Waals surface area contributed by atoms with Crippen LogP contribution in [0.3, 0.4) is 0 Å². The Balaban J connectivity index is 2.13. The van der Waals surface area contributed by atoms with Crippen LogP contribution in [0.25, 0.3) is 0 Å². The number of esters is 2. The summed E-state index contributed by atoms with van der Waals surface area (Å²) in [5, 5.41) is 11.1. The Hall–Kier alpha value is -2.19. The molecule has 2 aliphatic heterocycles. The number of aliphatic hydroxyl groups is 1. The number of fused-ring (bicyclic) bond motifs is 1. The van der Waals surface area contributed by atoms with Crippen molar-refractivity contribution in [1.82, 2.24) is 4.90 Å². The highest BCUT2D eigenvalue weighted by molar-refractivity contribution is 5.93. The Morgan fingerprint density at radius 1 is 1.12 bits per heavy atom. The predicted molar refractivity (Wildman–Crippen MR) is 80.9 cm³/mol. The summed E-state index contributed by atoms with van der Waals surface area (Å²) >= 11 is 0. The molecular formula is C16H20N2O6. The molecule has 2 heterocycles. The summed E-state index contributed by atoms with van der Waals surface area (Å²) in [7, 11) is 0. The van der Waals surface area contributed by atoms with E-state index in [4.69, 9.17) is 15.2 Å². The molecule has 8 heteroatoms. The topological polar surface area (TPSA) is 119 Å². The van der Waals surface area contributed by atoms with Gasteiger partial charge in [-0.05, 0) is 26.2 Å². The van der Waals surface area contributed by atoms with Crippen molar-refractivity contribution < 1.29 is 29.0 Å². The van der Waals surface area contributed by atoms with E-state index < -0.39 is 29.0 Å². The lowest BCUT2D eigenvalue weighted by Gasteiger charge is -2.57. The first-order valence-corrected chi connectivity index (χ1v) is 7.85. The summed E-state index contributed by atoms with van der Waals surface area (Å²) in [5.74, 6) is -4.15. The van der Waals surface area contributed by atoms with Crippen molar-refractivity contribution in [1.29, 1.82) is 0 Å². The zero-order valence-corrected chi connectivity index (χ0v) is 13.4. The molecule has 0 aromatic carbocycles. The van der Waals surface area contributed by atoms with Gasteiger partial charge in [0, 0.05) is 31.2 Å². The molecule has 0 aromatic rings. The Labute approximate surface area is 138 Å². The molecule has 0 bridgehead atoms. The molecule has 1 aliphatic carbocycles. The van der Waals surface area contributed by atoms with Crippen LogP contribution in [0.5, 0.6) is 0 Å².